The minimum absolute atomic E-state index is 0.0324. The molecule has 5 heteroatoms. The van der Waals surface area contributed by atoms with Gasteiger partial charge in [0.05, 0.1) is 10.7 Å². The van der Waals surface area contributed by atoms with Gasteiger partial charge in [0.25, 0.3) is 0 Å². The van der Waals surface area contributed by atoms with Crippen molar-refractivity contribution in [3.05, 3.63) is 40.1 Å². The highest BCUT2D eigenvalue weighted by molar-refractivity contribution is 6.33. The Morgan fingerprint density at radius 2 is 2.06 bits per heavy atom. The van der Waals surface area contributed by atoms with E-state index in [9.17, 15) is 0 Å². The normalized spacial score (nSPS) is 18.7. The van der Waals surface area contributed by atoms with Crippen LogP contribution in [0.1, 0.15) is 24.6 Å². The van der Waals surface area contributed by atoms with Gasteiger partial charge in [-0.15, -0.1) is 0 Å². The molecular weight excluding hydrogens is 269 g/mol. The molecule has 2 aromatic rings. The number of imidazole rings is 1. The first kappa shape index (κ1) is 12.0. The summed E-state index contributed by atoms with van der Waals surface area (Å²) in [6.07, 6.45) is 1.99. The van der Waals surface area contributed by atoms with Crippen molar-refractivity contribution in [2.24, 2.45) is 5.73 Å². The van der Waals surface area contributed by atoms with E-state index in [0.717, 1.165) is 36.5 Å². The van der Waals surface area contributed by atoms with E-state index in [1.54, 1.807) is 0 Å². The predicted molar refractivity (Wildman–Crippen MR) is 73.8 cm³/mol. The van der Waals surface area contributed by atoms with Gasteiger partial charge in [0.2, 0.25) is 0 Å². The largest absolute Gasteiger partial charge is 0.325 e. The molecule has 0 amide bonds. The average Bonchev–Trinajstić information content (AvgIpc) is 2.69. The Kier molecular flexibility index (Phi) is 3.06. The van der Waals surface area contributed by atoms with E-state index in [0.29, 0.717) is 10.2 Å². The highest BCUT2D eigenvalue weighted by Crippen LogP contribution is 2.36. The molecular formula is C13H13Cl2N3. The molecule has 1 aromatic carbocycles. The van der Waals surface area contributed by atoms with Crippen molar-refractivity contribution < 1.29 is 0 Å². The molecule has 3 rings (SSSR count). The number of nitrogens with two attached hydrogens (primary N) is 1. The first-order valence-electron chi connectivity index (χ1n) is 5.95. The van der Waals surface area contributed by atoms with Gasteiger partial charge in [-0.25, -0.2) is 4.98 Å². The lowest BCUT2D eigenvalue weighted by molar-refractivity contribution is 0.466. The fraction of sp³-hybridized carbons (Fsp3) is 0.308. The molecule has 94 valence electrons. The standard InChI is InChI=1S/C13H13Cl2N3/c14-9-5-2-1-4-8(9)13-17-12(15)11-10(16)6-3-7-18(11)13/h1-2,4-5,10H,3,6-7,16H2. The van der Waals surface area contributed by atoms with Gasteiger partial charge >= 0.3 is 0 Å². The molecule has 1 aliphatic rings. The van der Waals surface area contributed by atoms with Crippen LogP contribution in [0.25, 0.3) is 11.4 Å². The number of aromatic nitrogens is 2. The van der Waals surface area contributed by atoms with E-state index in [-0.39, 0.29) is 6.04 Å². The summed E-state index contributed by atoms with van der Waals surface area (Å²) >= 11 is 12.4. The third-order valence-corrected chi connectivity index (χ3v) is 3.93. The van der Waals surface area contributed by atoms with Crippen LogP contribution < -0.4 is 5.73 Å². The highest BCUT2D eigenvalue weighted by atomic mass is 35.5. The number of hydrogen-bond donors (Lipinski definition) is 1. The highest BCUT2D eigenvalue weighted by Gasteiger charge is 2.25. The van der Waals surface area contributed by atoms with Gasteiger partial charge in [-0.05, 0) is 25.0 Å². The van der Waals surface area contributed by atoms with Gasteiger partial charge in [0.15, 0.2) is 5.15 Å². The van der Waals surface area contributed by atoms with E-state index in [1.165, 1.54) is 0 Å². The molecule has 1 aliphatic heterocycles. The molecule has 1 unspecified atom stereocenters. The lowest BCUT2D eigenvalue weighted by Gasteiger charge is -2.22. The summed E-state index contributed by atoms with van der Waals surface area (Å²) < 4.78 is 2.09. The molecule has 1 aromatic heterocycles. The minimum atomic E-state index is -0.0324. The second kappa shape index (κ2) is 4.57. The Hall–Kier alpha value is -1.03. The fourth-order valence-electron chi connectivity index (χ4n) is 2.47. The second-order valence-corrected chi connectivity index (χ2v) is 5.26. The fourth-order valence-corrected chi connectivity index (χ4v) is 3.01. The van der Waals surface area contributed by atoms with Crippen molar-refractivity contribution in [1.82, 2.24) is 9.55 Å². The molecule has 0 saturated carbocycles. The maximum absolute atomic E-state index is 6.22. The Balaban J connectivity index is 2.20. The predicted octanol–water partition coefficient (Wildman–Crippen LogP) is 3.65. The van der Waals surface area contributed by atoms with E-state index in [4.69, 9.17) is 28.9 Å². The molecule has 3 nitrogen and oxygen atoms in total. The second-order valence-electron chi connectivity index (χ2n) is 4.49. The van der Waals surface area contributed by atoms with Crippen molar-refractivity contribution in [2.45, 2.75) is 25.4 Å². The van der Waals surface area contributed by atoms with Gasteiger partial charge in [0.1, 0.15) is 5.82 Å². The van der Waals surface area contributed by atoms with Gasteiger partial charge in [-0.1, -0.05) is 35.3 Å². The third kappa shape index (κ3) is 1.83. The van der Waals surface area contributed by atoms with Gasteiger partial charge in [-0.2, -0.15) is 0 Å². The number of nitrogens with zero attached hydrogens (tertiary/aromatic N) is 2. The molecule has 1 atom stereocenters. The summed E-state index contributed by atoms with van der Waals surface area (Å²) in [6, 6.07) is 7.62. The molecule has 0 saturated heterocycles. The van der Waals surface area contributed by atoms with Crippen LogP contribution in [0.3, 0.4) is 0 Å². The van der Waals surface area contributed by atoms with Crippen molar-refractivity contribution in [2.75, 3.05) is 0 Å². The molecule has 0 bridgehead atoms. The van der Waals surface area contributed by atoms with Gasteiger partial charge < -0.3 is 10.3 Å². The van der Waals surface area contributed by atoms with Crippen LogP contribution in [0.2, 0.25) is 10.2 Å². The zero-order valence-electron chi connectivity index (χ0n) is 9.74. The number of fused-ring (bicyclic) bond motifs is 1. The SMILES string of the molecule is NC1CCCn2c(-c3ccccc3Cl)nc(Cl)c21. The zero-order valence-corrected chi connectivity index (χ0v) is 11.2. The minimum Gasteiger partial charge on any atom is -0.325 e. The number of hydrogen-bond acceptors (Lipinski definition) is 2. The van der Waals surface area contributed by atoms with Crippen molar-refractivity contribution >= 4 is 23.2 Å². The molecule has 2 heterocycles. The Morgan fingerprint density at radius 1 is 1.28 bits per heavy atom. The van der Waals surface area contributed by atoms with E-state index < -0.39 is 0 Å². The van der Waals surface area contributed by atoms with Crippen molar-refractivity contribution in [3.63, 3.8) is 0 Å². The smallest absolute Gasteiger partial charge is 0.152 e. The van der Waals surface area contributed by atoms with Crippen LogP contribution >= 0.6 is 23.2 Å². The van der Waals surface area contributed by atoms with E-state index >= 15 is 0 Å². The summed E-state index contributed by atoms with van der Waals surface area (Å²) in [4.78, 5) is 4.44. The molecule has 18 heavy (non-hydrogen) atoms. The summed E-state index contributed by atoms with van der Waals surface area (Å²) in [6.45, 7) is 0.892. The number of benzene rings is 1. The third-order valence-electron chi connectivity index (χ3n) is 3.32. The zero-order chi connectivity index (χ0) is 12.7. The van der Waals surface area contributed by atoms with Gasteiger partial charge in [-0.3, -0.25) is 0 Å². The van der Waals surface area contributed by atoms with Crippen LogP contribution in [0.5, 0.6) is 0 Å². The van der Waals surface area contributed by atoms with E-state index in [1.807, 2.05) is 24.3 Å². The first-order valence-corrected chi connectivity index (χ1v) is 6.70. The first-order chi connectivity index (χ1) is 8.68. The Labute approximate surface area is 116 Å². The lowest BCUT2D eigenvalue weighted by Crippen LogP contribution is -2.22. The van der Waals surface area contributed by atoms with Crippen LogP contribution in [0.4, 0.5) is 0 Å². The van der Waals surface area contributed by atoms with Gasteiger partial charge in [0, 0.05) is 18.2 Å². The van der Waals surface area contributed by atoms with Crippen LogP contribution in [0.15, 0.2) is 24.3 Å². The molecule has 0 aliphatic carbocycles. The molecule has 0 fully saturated rings. The Morgan fingerprint density at radius 3 is 2.83 bits per heavy atom. The number of halogens is 2. The summed E-state index contributed by atoms with van der Waals surface area (Å²) in [5, 5.41) is 1.18. The maximum atomic E-state index is 6.22. The maximum Gasteiger partial charge on any atom is 0.152 e. The van der Waals surface area contributed by atoms with Crippen molar-refractivity contribution in [1.29, 1.82) is 0 Å². The summed E-state index contributed by atoms with van der Waals surface area (Å²) in [5.41, 5.74) is 7.93. The lowest BCUT2D eigenvalue weighted by atomic mass is 10.1. The van der Waals surface area contributed by atoms with Crippen LogP contribution in [-0.2, 0) is 6.54 Å². The monoisotopic (exact) mass is 281 g/mol. The number of rotatable bonds is 1. The summed E-state index contributed by atoms with van der Waals surface area (Å²) in [5.74, 6) is 0.816. The Bertz CT molecular complexity index is 592. The quantitative estimate of drug-likeness (QED) is 0.867. The molecule has 0 spiro atoms. The average molecular weight is 282 g/mol. The van der Waals surface area contributed by atoms with Crippen molar-refractivity contribution in [3.8, 4) is 11.4 Å². The molecule has 0 radical (unpaired) electrons. The topological polar surface area (TPSA) is 43.8 Å². The van der Waals surface area contributed by atoms with Crippen LogP contribution in [-0.4, -0.2) is 9.55 Å². The van der Waals surface area contributed by atoms with Crippen LogP contribution in [0, 0.1) is 0 Å². The molecule has 2 N–H and O–H groups in total. The van der Waals surface area contributed by atoms with E-state index in [2.05, 4.69) is 9.55 Å². The summed E-state index contributed by atoms with van der Waals surface area (Å²) in [7, 11) is 0.